The van der Waals surface area contributed by atoms with Crippen molar-refractivity contribution in [2.45, 2.75) is 38.9 Å². The Hall–Kier alpha value is -1.40. The fourth-order valence-corrected chi connectivity index (χ4v) is 1.85. The number of halogens is 1. The first-order chi connectivity index (χ1) is 8.68. The van der Waals surface area contributed by atoms with E-state index in [1.165, 1.54) is 6.07 Å². The molecule has 19 heavy (non-hydrogen) atoms. The van der Waals surface area contributed by atoms with Crippen LogP contribution < -0.4 is 5.46 Å². The van der Waals surface area contributed by atoms with Crippen molar-refractivity contribution in [3.63, 3.8) is 0 Å². The molecule has 2 rings (SSSR count). The summed E-state index contributed by atoms with van der Waals surface area (Å²) in [6, 6.07) is 2.48. The van der Waals surface area contributed by atoms with Gasteiger partial charge in [-0.1, -0.05) is 0 Å². The van der Waals surface area contributed by atoms with Gasteiger partial charge in [-0.2, -0.15) is 0 Å². The highest BCUT2D eigenvalue weighted by molar-refractivity contribution is 6.62. The molecule has 1 saturated heterocycles. The fraction of sp³-hybridized carbons (Fsp3) is 0.462. The van der Waals surface area contributed by atoms with Crippen LogP contribution in [0.1, 0.15) is 38.1 Å². The van der Waals surface area contributed by atoms with E-state index in [-0.39, 0.29) is 5.56 Å². The number of aromatic hydroxyl groups is 1. The molecule has 0 amide bonds. The minimum atomic E-state index is -0.866. The van der Waals surface area contributed by atoms with Gasteiger partial charge >= 0.3 is 7.12 Å². The second kappa shape index (κ2) is 4.32. The monoisotopic (exact) mass is 266 g/mol. The van der Waals surface area contributed by atoms with Gasteiger partial charge in [0, 0.05) is 0 Å². The molecule has 102 valence electrons. The van der Waals surface area contributed by atoms with Crippen LogP contribution in [-0.2, 0) is 9.31 Å². The summed E-state index contributed by atoms with van der Waals surface area (Å²) in [6.07, 6.45) is 0.396. The Balaban J connectivity index is 2.40. The van der Waals surface area contributed by atoms with Crippen molar-refractivity contribution in [3.8, 4) is 5.75 Å². The van der Waals surface area contributed by atoms with Crippen molar-refractivity contribution in [1.82, 2.24) is 0 Å². The number of phenolic OH excluding ortho intramolecular Hbond substituents is 1. The lowest BCUT2D eigenvalue weighted by Gasteiger charge is -2.32. The number of rotatable bonds is 2. The van der Waals surface area contributed by atoms with Gasteiger partial charge in [-0.15, -0.1) is 0 Å². The Kier molecular flexibility index (Phi) is 3.19. The van der Waals surface area contributed by atoms with E-state index in [1.54, 1.807) is 0 Å². The molecule has 1 aliphatic rings. The maximum atomic E-state index is 13.5. The van der Waals surface area contributed by atoms with Crippen LogP contribution in [0, 0.1) is 5.82 Å². The van der Waals surface area contributed by atoms with E-state index in [0.717, 1.165) is 6.07 Å². The van der Waals surface area contributed by atoms with E-state index in [1.807, 2.05) is 27.7 Å². The van der Waals surface area contributed by atoms with Crippen LogP contribution in [0.25, 0.3) is 0 Å². The normalized spacial score (nSPS) is 20.6. The highest BCUT2D eigenvalue weighted by Crippen LogP contribution is 2.36. The molecule has 1 aromatic rings. The fourth-order valence-electron chi connectivity index (χ4n) is 1.85. The summed E-state index contributed by atoms with van der Waals surface area (Å²) in [5, 5.41) is 9.38. The molecule has 0 spiro atoms. The predicted octanol–water partition coefficient (Wildman–Crippen LogP) is 1.64. The minimum Gasteiger partial charge on any atom is -0.504 e. The lowest BCUT2D eigenvalue weighted by atomic mass is 9.78. The lowest BCUT2D eigenvalue weighted by molar-refractivity contribution is 0.00578. The zero-order chi connectivity index (χ0) is 14.4. The largest absolute Gasteiger partial charge is 0.504 e. The summed E-state index contributed by atoms with van der Waals surface area (Å²) in [4.78, 5) is 10.8. The Labute approximate surface area is 111 Å². The van der Waals surface area contributed by atoms with Crippen molar-refractivity contribution in [3.05, 3.63) is 23.5 Å². The number of hydrogen-bond acceptors (Lipinski definition) is 4. The van der Waals surface area contributed by atoms with Gasteiger partial charge in [-0.3, -0.25) is 4.79 Å². The van der Waals surface area contributed by atoms with Gasteiger partial charge in [-0.05, 0) is 45.3 Å². The minimum absolute atomic E-state index is 0.121. The van der Waals surface area contributed by atoms with E-state index in [2.05, 4.69) is 0 Å². The molecular formula is C13H16BFO4. The molecule has 0 aliphatic carbocycles. The molecule has 1 heterocycles. The smallest absolute Gasteiger partial charge is 0.494 e. The van der Waals surface area contributed by atoms with Crippen LogP contribution in [0.4, 0.5) is 4.39 Å². The number of aldehydes is 1. The maximum absolute atomic E-state index is 13.5. The molecule has 1 N–H and O–H groups in total. The summed E-state index contributed by atoms with van der Waals surface area (Å²) >= 11 is 0. The molecule has 4 nitrogen and oxygen atoms in total. The zero-order valence-electron chi connectivity index (χ0n) is 11.4. The lowest BCUT2D eigenvalue weighted by Crippen LogP contribution is -2.41. The molecule has 1 aliphatic heterocycles. The average Bonchev–Trinajstić information content (AvgIpc) is 2.52. The van der Waals surface area contributed by atoms with Gasteiger partial charge in [0.25, 0.3) is 0 Å². The molecule has 1 aromatic carbocycles. The average molecular weight is 266 g/mol. The van der Waals surface area contributed by atoms with Crippen LogP contribution in [0.5, 0.6) is 5.75 Å². The van der Waals surface area contributed by atoms with Gasteiger partial charge in [0.05, 0.1) is 16.8 Å². The van der Waals surface area contributed by atoms with Crippen LogP contribution in [-0.4, -0.2) is 29.7 Å². The van der Waals surface area contributed by atoms with Crippen LogP contribution in [0.2, 0.25) is 0 Å². The maximum Gasteiger partial charge on any atom is 0.494 e. The van der Waals surface area contributed by atoms with E-state index in [9.17, 15) is 14.3 Å². The summed E-state index contributed by atoms with van der Waals surface area (Å²) in [5.74, 6) is -1.52. The van der Waals surface area contributed by atoms with Crippen LogP contribution >= 0.6 is 0 Å². The predicted molar refractivity (Wildman–Crippen MR) is 69.2 cm³/mol. The van der Waals surface area contributed by atoms with Crippen molar-refractivity contribution in [1.29, 1.82) is 0 Å². The second-order valence-electron chi connectivity index (χ2n) is 5.65. The van der Waals surface area contributed by atoms with E-state index < -0.39 is 29.9 Å². The Morgan fingerprint density at radius 3 is 2.21 bits per heavy atom. The molecule has 0 unspecified atom stereocenters. The zero-order valence-corrected chi connectivity index (χ0v) is 11.4. The first-order valence-electron chi connectivity index (χ1n) is 6.01. The molecule has 0 atom stereocenters. The second-order valence-corrected chi connectivity index (χ2v) is 5.65. The number of benzene rings is 1. The van der Waals surface area contributed by atoms with E-state index >= 15 is 0 Å². The third-order valence-corrected chi connectivity index (χ3v) is 3.77. The number of carbonyl (C=O) groups is 1. The van der Waals surface area contributed by atoms with Crippen molar-refractivity contribution in [2.24, 2.45) is 0 Å². The van der Waals surface area contributed by atoms with Gasteiger partial charge in [0.2, 0.25) is 0 Å². The third-order valence-electron chi connectivity index (χ3n) is 3.77. The Morgan fingerprint density at radius 2 is 1.74 bits per heavy atom. The SMILES string of the molecule is CC1(C)OB(c2cc(F)c(O)c(C=O)c2)OC1(C)C. The Morgan fingerprint density at radius 1 is 1.21 bits per heavy atom. The van der Waals surface area contributed by atoms with Crippen LogP contribution in [0.15, 0.2) is 12.1 Å². The first-order valence-corrected chi connectivity index (χ1v) is 6.01. The number of hydrogen-bond donors (Lipinski definition) is 1. The van der Waals surface area contributed by atoms with Gasteiger partial charge in [0.15, 0.2) is 17.9 Å². The topological polar surface area (TPSA) is 55.8 Å². The molecular weight excluding hydrogens is 250 g/mol. The number of phenols is 1. The third kappa shape index (κ3) is 2.26. The molecule has 0 aromatic heterocycles. The van der Waals surface area contributed by atoms with E-state index in [0.29, 0.717) is 11.7 Å². The molecule has 0 saturated carbocycles. The molecule has 1 fully saturated rings. The van der Waals surface area contributed by atoms with Crippen molar-refractivity contribution >= 4 is 18.9 Å². The Bertz CT molecular complexity index is 512. The van der Waals surface area contributed by atoms with Crippen LogP contribution in [0.3, 0.4) is 0 Å². The van der Waals surface area contributed by atoms with Crippen molar-refractivity contribution in [2.75, 3.05) is 0 Å². The standard InChI is InChI=1S/C13H16BFO4/c1-12(2)13(3,4)19-14(18-12)9-5-8(7-16)11(17)10(15)6-9/h5-7,17H,1-4H3. The highest BCUT2D eigenvalue weighted by Gasteiger charge is 2.51. The first kappa shape index (κ1) is 14.0. The summed E-state index contributed by atoms with van der Waals surface area (Å²) in [7, 11) is -0.765. The summed E-state index contributed by atoms with van der Waals surface area (Å²) in [5.41, 5.74) is -0.846. The van der Waals surface area contributed by atoms with Crippen molar-refractivity contribution < 1.29 is 23.6 Å². The quantitative estimate of drug-likeness (QED) is 0.653. The summed E-state index contributed by atoms with van der Waals surface area (Å²) < 4.78 is 25.1. The number of carbonyl (C=O) groups excluding carboxylic acids is 1. The molecule has 0 radical (unpaired) electrons. The van der Waals surface area contributed by atoms with Gasteiger partial charge < -0.3 is 14.4 Å². The molecule has 0 bridgehead atoms. The summed E-state index contributed by atoms with van der Waals surface area (Å²) in [6.45, 7) is 7.52. The van der Waals surface area contributed by atoms with Gasteiger partial charge in [-0.25, -0.2) is 4.39 Å². The van der Waals surface area contributed by atoms with Gasteiger partial charge in [0.1, 0.15) is 0 Å². The molecule has 6 heteroatoms. The highest BCUT2D eigenvalue weighted by atomic mass is 19.1. The van der Waals surface area contributed by atoms with E-state index in [4.69, 9.17) is 9.31 Å².